The molecule has 122 valence electrons. The number of rotatable bonds is 4. The Labute approximate surface area is 136 Å². The zero-order chi connectivity index (χ0) is 16.3. The van der Waals surface area contributed by atoms with Crippen molar-refractivity contribution in [3.8, 4) is 5.88 Å². The number of ether oxygens (including phenoxy) is 1. The van der Waals surface area contributed by atoms with Gasteiger partial charge in [-0.1, -0.05) is 11.6 Å². The van der Waals surface area contributed by atoms with E-state index in [1.165, 1.54) is 6.20 Å². The zero-order valence-electron chi connectivity index (χ0n) is 13.3. The van der Waals surface area contributed by atoms with E-state index >= 15 is 0 Å². The number of hydrogen-bond donors (Lipinski definition) is 1. The zero-order valence-corrected chi connectivity index (χ0v) is 14.0. The van der Waals surface area contributed by atoms with Crippen LogP contribution in [-0.2, 0) is 0 Å². The number of piperidine rings is 1. The summed E-state index contributed by atoms with van der Waals surface area (Å²) in [5.74, 6) is 0.370. The Morgan fingerprint density at radius 3 is 2.82 bits per heavy atom. The summed E-state index contributed by atoms with van der Waals surface area (Å²) in [6.45, 7) is 6.82. The Hall–Kier alpha value is -1.33. The number of pyridine rings is 1. The second-order valence-corrected chi connectivity index (χ2v) is 6.48. The lowest BCUT2D eigenvalue weighted by Gasteiger charge is -2.34. The first-order chi connectivity index (χ1) is 10.4. The molecule has 2 rings (SSSR count). The molecule has 1 aromatic rings. The molecule has 6 heteroatoms. The van der Waals surface area contributed by atoms with Gasteiger partial charge in [0.1, 0.15) is 5.02 Å². The number of halogens is 1. The van der Waals surface area contributed by atoms with Gasteiger partial charge in [0.15, 0.2) is 0 Å². The molecule has 0 spiro atoms. The van der Waals surface area contributed by atoms with E-state index in [4.69, 9.17) is 16.3 Å². The van der Waals surface area contributed by atoms with Crippen LogP contribution in [0.1, 0.15) is 44.0 Å². The van der Waals surface area contributed by atoms with Crippen molar-refractivity contribution >= 4 is 17.5 Å². The van der Waals surface area contributed by atoms with Crippen LogP contribution in [0.15, 0.2) is 12.3 Å². The number of carbonyl (C=O) groups excluding carboxylic acids is 1. The van der Waals surface area contributed by atoms with Crippen molar-refractivity contribution < 1.29 is 14.6 Å². The number of carbonyl (C=O) groups is 1. The molecule has 0 aromatic carbocycles. The number of amides is 1. The van der Waals surface area contributed by atoms with Crippen LogP contribution in [0.4, 0.5) is 0 Å². The summed E-state index contributed by atoms with van der Waals surface area (Å²) in [6, 6.07) is 1.60. The molecule has 1 aliphatic heterocycles. The maximum Gasteiger partial charge on any atom is 0.255 e. The predicted molar refractivity (Wildman–Crippen MR) is 85.3 cm³/mol. The smallest absolute Gasteiger partial charge is 0.255 e. The normalized spacial score (nSPS) is 20.1. The van der Waals surface area contributed by atoms with E-state index in [0.29, 0.717) is 29.6 Å². The Morgan fingerprint density at radius 1 is 1.50 bits per heavy atom. The molecule has 1 fully saturated rings. The third kappa shape index (κ3) is 4.11. The van der Waals surface area contributed by atoms with Gasteiger partial charge in [-0.15, -0.1) is 0 Å². The Morgan fingerprint density at radius 2 is 2.23 bits per heavy atom. The first kappa shape index (κ1) is 17.0. The summed E-state index contributed by atoms with van der Waals surface area (Å²) in [5.41, 5.74) is 0.451. The molecule has 0 saturated carbocycles. The van der Waals surface area contributed by atoms with Crippen LogP contribution >= 0.6 is 11.6 Å². The molecule has 0 unspecified atom stereocenters. The number of aliphatic hydroxyl groups excluding tert-OH is 1. The molecule has 1 saturated heterocycles. The third-order valence-corrected chi connectivity index (χ3v) is 4.10. The van der Waals surface area contributed by atoms with Gasteiger partial charge in [-0.05, 0) is 39.7 Å². The third-order valence-electron chi connectivity index (χ3n) is 3.83. The van der Waals surface area contributed by atoms with Crippen molar-refractivity contribution in [2.75, 3.05) is 13.1 Å². The predicted octanol–water partition coefficient (Wildman–Crippen LogP) is 2.76. The fourth-order valence-electron chi connectivity index (χ4n) is 2.62. The van der Waals surface area contributed by atoms with Crippen molar-refractivity contribution in [2.24, 2.45) is 5.92 Å². The lowest BCUT2D eigenvalue weighted by atomic mass is 9.93. The van der Waals surface area contributed by atoms with E-state index in [1.54, 1.807) is 17.9 Å². The minimum atomic E-state index is -0.404. The van der Waals surface area contributed by atoms with E-state index in [0.717, 1.165) is 12.8 Å². The summed E-state index contributed by atoms with van der Waals surface area (Å²) >= 11 is 6.14. The van der Waals surface area contributed by atoms with Crippen LogP contribution in [0.25, 0.3) is 0 Å². The van der Waals surface area contributed by atoms with E-state index in [1.807, 2.05) is 13.8 Å². The average Bonchev–Trinajstić information content (AvgIpc) is 2.48. The molecular formula is C16H23ClN2O3. The Bertz CT molecular complexity index is 534. The topological polar surface area (TPSA) is 62.7 Å². The molecule has 0 aliphatic carbocycles. The van der Waals surface area contributed by atoms with E-state index < -0.39 is 6.10 Å². The van der Waals surface area contributed by atoms with Gasteiger partial charge in [-0.3, -0.25) is 4.79 Å². The number of aliphatic hydroxyl groups is 1. The number of likely N-dealkylation sites (tertiary alicyclic amines) is 1. The summed E-state index contributed by atoms with van der Waals surface area (Å²) in [7, 11) is 0. The second kappa shape index (κ2) is 7.29. The van der Waals surface area contributed by atoms with Gasteiger partial charge in [-0.2, -0.15) is 0 Å². The van der Waals surface area contributed by atoms with Crippen LogP contribution in [-0.4, -0.2) is 46.2 Å². The minimum absolute atomic E-state index is 0.0274. The number of aromatic nitrogens is 1. The van der Waals surface area contributed by atoms with E-state index in [2.05, 4.69) is 4.98 Å². The lowest BCUT2D eigenvalue weighted by molar-refractivity contribution is 0.0465. The monoisotopic (exact) mass is 326 g/mol. The molecule has 22 heavy (non-hydrogen) atoms. The van der Waals surface area contributed by atoms with Crippen molar-refractivity contribution in [1.82, 2.24) is 9.88 Å². The molecule has 0 bridgehead atoms. The first-order valence-corrected chi connectivity index (χ1v) is 8.05. The average molecular weight is 327 g/mol. The number of hydrogen-bond acceptors (Lipinski definition) is 4. The van der Waals surface area contributed by atoms with E-state index in [-0.39, 0.29) is 17.9 Å². The molecule has 1 aliphatic rings. The van der Waals surface area contributed by atoms with Crippen LogP contribution in [0.2, 0.25) is 5.02 Å². The number of nitrogens with zero attached hydrogens (tertiary/aromatic N) is 2. The molecule has 2 heterocycles. The highest BCUT2D eigenvalue weighted by molar-refractivity contribution is 6.32. The van der Waals surface area contributed by atoms with Gasteiger partial charge in [0.25, 0.3) is 5.91 Å². The van der Waals surface area contributed by atoms with Crippen LogP contribution < -0.4 is 4.74 Å². The summed E-state index contributed by atoms with van der Waals surface area (Å²) in [6.07, 6.45) is 2.91. The summed E-state index contributed by atoms with van der Waals surface area (Å²) in [5, 5.41) is 10.1. The van der Waals surface area contributed by atoms with Crippen LogP contribution in [0.3, 0.4) is 0 Å². The largest absolute Gasteiger partial charge is 0.474 e. The maximum atomic E-state index is 12.6. The van der Waals surface area contributed by atoms with Gasteiger partial charge < -0.3 is 14.7 Å². The Balaban J connectivity index is 2.10. The van der Waals surface area contributed by atoms with Crippen molar-refractivity contribution in [3.05, 3.63) is 22.8 Å². The Kier molecular flexibility index (Phi) is 5.64. The highest BCUT2D eigenvalue weighted by Gasteiger charge is 2.27. The fraction of sp³-hybridized carbons (Fsp3) is 0.625. The molecular weight excluding hydrogens is 304 g/mol. The van der Waals surface area contributed by atoms with Crippen LogP contribution in [0, 0.1) is 5.92 Å². The van der Waals surface area contributed by atoms with Crippen LogP contribution in [0.5, 0.6) is 5.88 Å². The molecule has 2 atom stereocenters. The van der Waals surface area contributed by atoms with Crippen molar-refractivity contribution in [1.29, 1.82) is 0 Å². The van der Waals surface area contributed by atoms with Crippen molar-refractivity contribution in [3.63, 3.8) is 0 Å². The SMILES string of the molecule is CC(C)Oc1ncc(C(=O)N2CCC[C@H]([C@@H](C)O)C2)cc1Cl. The molecule has 1 N–H and O–H groups in total. The molecule has 1 amide bonds. The first-order valence-electron chi connectivity index (χ1n) is 7.68. The molecule has 0 radical (unpaired) electrons. The summed E-state index contributed by atoms with van der Waals surface area (Å²) < 4.78 is 5.47. The van der Waals surface area contributed by atoms with Gasteiger partial charge >= 0.3 is 0 Å². The van der Waals surface area contributed by atoms with Gasteiger partial charge in [-0.25, -0.2) is 4.98 Å². The molecule has 5 nitrogen and oxygen atoms in total. The van der Waals surface area contributed by atoms with Crippen molar-refractivity contribution in [2.45, 2.75) is 45.8 Å². The fourth-order valence-corrected chi connectivity index (χ4v) is 2.83. The quantitative estimate of drug-likeness (QED) is 0.924. The molecule has 1 aromatic heterocycles. The highest BCUT2D eigenvalue weighted by Crippen LogP contribution is 2.26. The standard InChI is InChI=1S/C16H23ClN2O3/c1-10(2)22-15-14(17)7-13(8-18-15)16(21)19-6-4-5-12(9-19)11(3)20/h7-8,10-12,20H,4-6,9H2,1-3H3/t11-,12+/m1/s1. The van der Waals surface area contributed by atoms with E-state index in [9.17, 15) is 9.90 Å². The lowest BCUT2D eigenvalue weighted by Crippen LogP contribution is -2.43. The highest BCUT2D eigenvalue weighted by atomic mass is 35.5. The van der Waals surface area contributed by atoms with Gasteiger partial charge in [0.2, 0.25) is 5.88 Å². The van der Waals surface area contributed by atoms with Gasteiger partial charge in [0, 0.05) is 25.2 Å². The summed E-state index contributed by atoms with van der Waals surface area (Å²) in [4.78, 5) is 18.5. The second-order valence-electron chi connectivity index (χ2n) is 6.07. The minimum Gasteiger partial charge on any atom is -0.474 e. The maximum absolute atomic E-state index is 12.6. The van der Waals surface area contributed by atoms with Gasteiger partial charge in [0.05, 0.1) is 17.8 Å².